The molecular formula is C16H28N4. The Hall–Kier alpha value is -1.58. The Morgan fingerprint density at radius 2 is 1.95 bits per heavy atom. The number of aliphatic imine (C=N–C) groups is 1. The van der Waals surface area contributed by atoms with E-state index in [0.717, 1.165) is 24.1 Å². The van der Waals surface area contributed by atoms with Crippen LogP contribution in [0, 0.1) is 6.92 Å². The number of pyridine rings is 1. The van der Waals surface area contributed by atoms with Gasteiger partial charge >= 0.3 is 0 Å². The van der Waals surface area contributed by atoms with Gasteiger partial charge in [0.2, 0.25) is 0 Å². The Morgan fingerprint density at radius 1 is 1.20 bits per heavy atom. The maximum Gasteiger partial charge on any atom is 0.188 e. The minimum Gasteiger partial charge on any atom is -0.370 e. The Bertz CT molecular complexity index is 401. The molecule has 0 aliphatic rings. The third-order valence-electron chi connectivity index (χ3n) is 3.20. The molecule has 1 aromatic heterocycles. The number of nitrogens with two attached hydrogens (primary N) is 1. The van der Waals surface area contributed by atoms with E-state index in [4.69, 9.17) is 5.73 Å². The van der Waals surface area contributed by atoms with E-state index in [1.54, 1.807) is 0 Å². The number of hydrogen-bond donors (Lipinski definition) is 2. The zero-order chi connectivity index (χ0) is 14.6. The number of rotatable bonds is 9. The normalized spacial score (nSPS) is 11.6. The Balaban J connectivity index is 2.12. The van der Waals surface area contributed by atoms with Crippen LogP contribution in [0.25, 0.3) is 0 Å². The summed E-state index contributed by atoms with van der Waals surface area (Å²) in [6.45, 7) is 5.76. The van der Waals surface area contributed by atoms with Crippen LogP contribution in [0.2, 0.25) is 0 Å². The van der Waals surface area contributed by atoms with Gasteiger partial charge in [0.05, 0.1) is 6.54 Å². The van der Waals surface area contributed by atoms with Crippen molar-refractivity contribution in [2.24, 2.45) is 10.7 Å². The van der Waals surface area contributed by atoms with Crippen LogP contribution in [-0.4, -0.2) is 17.5 Å². The second kappa shape index (κ2) is 10.2. The molecule has 3 N–H and O–H groups in total. The quantitative estimate of drug-likeness (QED) is 0.414. The molecule has 4 heteroatoms. The number of unbranched alkanes of at least 4 members (excludes halogenated alkanes) is 5. The van der Waals surface area contributed by atoms with Crippen LogP contribution in [0.4, 0.5) is 0 Å². The molecule has 0 aromatic carbocycles. The summed E-state index contributed by atoms with van der Waals surface area (Å²) in [5.41, 5.74) is 8.08. The van der Waals surface area contributed by atoms with Crippen molar-refractivity contribution in [3.05, 3.63) is 29.6 Å². The fourth-order valence-electron chi connectivity index (χ4n) is 2.06. The first kappa shape index (κ1) is 16.5. The topological polar surface area (TPSA) is 63.3 Å². The summed E-state index contributed by atoms with van der Waals surface area (Å²) in [7, 11) is 0. The number of guanidine groups is 1. The standard InChI is InChI=1S/C16H28N4/c1-3-4-5-6-7-8-9-19-16(17)20-13-15-10-14(2)11-18-12-15/h10-12H,3-9,13H2,1-2H3,(H3,17,19,20). The summed E-state index contributed by atoms with van der Waals surface area (Å²) in [5, 5.41) is 3.17. The lowest BCUT2D eigenvalue weighted by Gasteiger charge is -2.05. The Kier molecular flexibility index (Phi) is 8.43. The van der Waals surface area contributed by atoms with Gasteiger partial charge in [-0.05, 0) is 24.5 Å². The van der Waals surface area contributed by atoms with E-state index in [2.05, 4.69) is 28.3 Å². The first-order valence-electron chi connectivity index (χ1n) is 7.66. The van der Waals surface area contributed by atoms with Crippen LogP contribution in [0.3, 0.4) is 0 Å². The van der Waals surface area contributed by atoms with Crippen molar-refractivity contribution < 1.29 is 0 Å². The molecule has 0 aliphatic heterocycles. The van der Waals surface area contributed by atoms with Gasteiger partial charge < -0.3 is 11.1 Å². The molecule has 1 rings (SSSR count). The van der Waals surface area contributed by atoms with E-state index in [1.165, 1.54) is 32.1 Å². The monoisotopic (exact) mass is 276 g/mol. The molecule has 4 nitrogen and oxygen atoms in total. The first-order chi connectivity index (χ1) is 9.72. The SMILES string of the molecule is CCCCCCCCNC(N)=NCc1cncc(C)c1. The van der Waals surface area contributed by atoms with Gasteiger partial charge in [-0.3, -0.25) is 4.98 Å². The largest absolute Gasteiger partial charge is 0.370 e. The van der Waals surface area contributed by atoms with E-state index in [-0.39, 0.29) is 0 Å². The van der Waals surface area contributed by atoms with Crippen molar-refractivity contribution in [1.82, 2.24) is 10.3 Å². The van der Waals surface area contributed by atoms with Crippen LogP contribution < -0.4 is 11.1 Å². The lowest BCUT2D eigenvalue weighted by molar-refractivity contribution is 0.601. The van der Waals surface area contributed by atoms with Gasteiger partial charge in [0.15, 0.2) is 5.96 Å². The van der Waals surface area contributed by atoms with Crippen molar-refractivity contribution >= 4 is 5.96 Å². The smallest absolute Gasteiger partial charge is 0.188 e. The summed E-state index contributed by atoms with van der Waals surface area (Å²) in [4.78, 5) is 8.47. The molecular weight excluding hydrogens is 248 g/mol. The summed E-state index contributed by atoms with van der Waals surface area (Å²) >= 11 is 0. The van der Waals surface area contributed by atoms with Crippen molar-refractivity contribution in [2.75, 3.05) is 6.54 Å². The molecule has 0 fully saturated rings. The number of aryl methyl sites for hydroxylation is 1. The Morgan fingerprint density at radius 3 is 2.70 bits per heavy atom. The van der Waals surface area contributed by atoms with E-state index in [9.17, 15) is 0 Å². The third-order valence-corrected chi connectivity index (χ3v) is 3.20. The van der Waals surface area contributed by atoms with Crippen LogP contribution in [0.15, 0.2) is 23.5 Å². The molecule has 0 radical (unpaired) electrons. The summed E-state index contributed by atoms with van der Waals surface area (Å²) < 4.78 is 0. The van der Waals surface area contributed by atoms with Gasteiger partial charge in [-0.15, -0.1) is 0 Å². The van der Waals surface area contributed by atoms with Gasteiger partial charge in [0.25, 0.3) is 0 Å². The fourth-order valence-corrected chi connectivity index (χ4v) is 2.06. The summed E-state index contributed by atoms with van der Waals surface area (Å²) in [6.07, 6.45) is 11.4. The van der Waals surface area contributed by atoms with Gasteiger partial charge in [-0.25, -0.2) is 4.99 Å². The predicted octanol–water partition coefficient (Wildman–Crippen LogP) is 3.15. The number of nitrogens with zero attached hydrogens (tertiary/aromatic N) is 2. The highest BCUT2D eigenvalue weighted by atomic mass is 15.1. The van der Waals surface area contributed by atoms with Crippen molar-refractivity contribution in [3.63, 3.8) is 0 Å². The van der Waals surface area contributed by atoms with E-state index in [1.807, 2.05) is 19.3 Å². The maximum atomic E-state index is 5.84. The number of nitrogens with one attached hydrogen (secondary N) is 1. The highest BCUT2D eigenvalue weighted by Crippen LogP contribution is 2.04. The molecule has 0 spiro atoms. The lowest BCUT2D eigenvalue weighted by Crippen LogP contribution is -2.32. The van der Waals surface area contributed by atoms with Gasteiger partial charge in [-0.1, -0.05) is 45.1 Å². The van der Waals surface area contributed by atoms with Crippen LogP contribution in [-0.2, 0) is 6.54 Å². The zero-order valence-corrected chi connectivity index (χ0v) is 12.9. The molecule has 0 saturated carbocycles. The highest BCUT2D eigenvalue weighted by Gasteiger charge is 1.95. The molecule has 1 heterocycles. The van der Waals surface area contributed by atoms with Gasteiger partial charge in [-0.2, -0.15) is 0 Å². The van der Waals surface area contributed by atoms with E-state index >= 15 is 0 Å². The molecule has 1 aromatic rings. The molecule has 0 atom stereocenters. The minimum absolute atomic E-state index is 0.528. The van der Waals surface area contributed by atoms with Crippen molar-refractivity contribution in [1.29, 1.82) is 0 Å². The lowest BCUT2D eigenvalue weighted by atomic mass is 10.1. The summed E-state index contributed by atoms with van der Waals surface area (Å²) in [6, 6.07) is 2.08. The second-order valence-electron chi connectivity index (χ2n) is 5.27. The van der Waals surface area contributed by atoms with Gasteiger partial charge in [0, 0.05) is 18.9 Å². The van der Waals surface area contributed by atoms with Crippen LogP contribution in [0.5, 0.6) is 0 Å². The van der Waals surface area contributed by atoms with E-state index < -0.39 is 0 Å². The minimum atomic E-state index is 0.528. The number of aromatic nitrogens is 1. The average molecular weight is 276 g/mol. The van der Waals surface area contributed by atoms with E-state index in [0.29, 0.717) is 12.5 Å². The maximum absolute atomic E-state index is 5.84. The van der Waals surface area contributed by atoms with Crippen molar-refractivity contribution in [2.45, 2.75) is 58.9 Å². The molecule has 0 aliphatic carbocycles. The second-order valence-corrected chi connectivity index (χ2v) is 5.27. The zero-order valence-electron chi connectivity index (χ0n) is 12.9. The number of hydrogen-bond acceptors (Lipinski definition) is 2. The third kappa shape index (κ3) is 7.77. The first-order valence-corrected chi connectivity index (χ1v) is 7.66. The average Bonchev–Trinajstić information content (AvgIpc) is 2.44. The molecule has 20 heavy (non-hydrogen) atoms. The van der Waals surface area contributed by atoms with Gasteiger partial charge in [0.1, 0.15) is 0 Å². The van der Waals surface area contributed by atoms with Crippen LogP contribution in [0.1, 0.15) is 56.6 Å². The molecule has 0 saturated heterocycles. The Labute approximate surface area is 122 Å². The summed E-state index contributed by atoms with van der Waals surface area (Å²) in [5.74, 6) is 0.528. The molecule has 0 amide bonds. The predicted molar refractivity (Wildman–Crippen MR) is 85.7 cm³/mol. The highest BCUT2D eigenvalue weighted by molar-refractivity contribution is 5.77. The molecule has 112 valence electrons. The molecule has 0 bridgehead atoms. The van der Waals surface area contributed by atoms with Crippen molar-refractivity contribution in [3.8, 4) is 0 Å². The van der Waals surface area contributed by atoms with Crippen LogP contribution >= 0.6 is 0 Å². The fraction of sp³-hybridized carbons (Fsp3) is 0.625. The molecule has 0 unspecified atom stereocenters.